The minimum atomic E-state index is -0.361. The third-order valence-corrected chi connectivity index (χ3v) is 6.01. The molecule has 4 rings (SSSR count). The summed E-state index contributed by atoms with van der Waals surface area (Å²) in [4.78, 5) is 29.9. The minimum absolute atomic E-state index is 0.150. The Bertz CT molecular complexity index is 1380. The van der Waals surface area contributed by atoms with E-state index in [1.807, 2.05) is 27.7 Å². The van der Waals surface area contributed by atoms with Crippen molar-refractivity contribution >= 4 is 16.9 Å². The number of fused-ring (bicyclic) bond motifs is 1. The van der Waals surface area contributed by atoms with E-state index in [1.165, 1.54) is 23.0 Å². The second-order valence-corrected chi connectivity index (χ2v) is 8.12. The number of nitrogens with one attached hydrogen (secondary N) is 1. The molecule has 3 aromatic heterocycles. The average Bonchev–Trinajstić information content (AvgIpc) is 3.23. The first kappa shape index (κ1) is 22.4. The van der Waals surface area contributed by atoms with Gasteiger partial charge in [-0.05, 0) is 57.9 Å². The number of aryl methyl sites for hydroxylation is 4. The second kappa shape index (κ2) is 9.01. The zero-order valence-corrected chi connectivity index (χ0v) is 19.1. The van der Waals surface area contributed by atoms with Crippen LogP contribution in [0.2, 0.25) is 0 Å². The van der Waals surface area contributed by atoms with E-state index >= 15 is 0 Å². The summed E-state index contributed by atoms with van der Waals surface area (Å²) in [6, 6.07) is 6.18. The zero-order valence-electron chi connectivity index (χ0n) is 19.1. The SMILES string of the molecule is Cc1noc(C)c1CCNC(=O)CCn1cnc2c(c(C)c(C)n2-c2cccc(F)c2)c1=O. The van der Waals surface area contributed by atoms with Crippen molar-refractivity contribution in [1.29, 1.82) is 0 Å². The molecule has 0 saturated heterocycles. The summed E-state index contributed by atoms with van der Waals surface area (Å²) >= 11 is 0. The van der Waals surface area contributed by atoms with Crippen LogP contribution in [0.25, 0.3) is 16.7 Å². The maximum Gasteiger partial charge on any atom is 0.263 e. The molecule has 8 nitrogen and oxygen atoms in total. The molecule has 33 heavy (non-hydrogen) atoms. The lowest BCUT2D eigenvalue weighted by molar-refractivity contribution is -0.121. The van der Waals surface area contributed by atoms with Crippen molar-refractivity contribution in [3.05, 3.63) is 75.0 Å². The van der Waals surface area contributed by atoms with E-state index in [1.54, 1.807) is 16.7 Å². The molecule has 1 aromatic carbocycles. The standard InChI is InChI=1S/C24H26FN5O3/c1-14-16(3)30(19-7-5-6-18(25)12-19)23-22(14)24(32)29(13-27-23)11-9-21(31)26-10-8-20-15(2)28-33-17(20)4/h5-7,12-13H,8-11H2,1-4H3,(H,26,31). The summed E-state index contributed by atoms with van der Waals surface area (Å²) in [6.45, 7) is 8.11. The normalized spacial score (nSPS) is 11.3. The predicted molar refractivity (Wildman–Crippen MR) is 122 cm³/mol. The van der Waals surface area contributed by atoms with Crippen LogP contribution in [0, 0.1) is 33.5 Å². The number of rotatable bonds is 7. The molecular formula is C24H26FN5O3. The van der Waals surface area contributed by atoms with E-state index in [2.05, 4.69) is 15.5 Å². The van der Waals surface area contributed by atoms with Gasteiger partial charge in [0.2, 0.25) is 5.91 Å². The lowest BCUT2D eigenvalue weighted by atomic mass is 10.1. The van der Waals surface area contributed by atoms with Crippen LogP contribution in [0.4, 0.5) is 4.39 Å². The molecule has 0 aliphatic heterocycles. The largest absolute Gasteiger partial charge is 0.361 e. The summed E-state index contributed by atoms with van der Waals surface area (Å²) in [5.41, 5.74) is 4.27. The van der Waals surface area contributed by atoms with Crippen LogP contribution in [0.5, 0.6) is 0 Å². The first-order valence-corrected chi connectivity index (χ1v) is 10.8. The Hall–Kier alpha value is -3.75. The van der Waals surface area contributed by atoms with Crippen LogP contribution in [0.3, 0.4) is 0 Å². The van der Waals surface area contributed by atoms with E-state index in [9.17, 15) is 14.0 Å². The molecule has 1 N–H and O–H groups in total. The molecule has 0 unspecified atom stereocenters. The Morgan fingerprint density at radius 3 is 2.70 bits per heavy atom. The number of amides is 1. The van der Waals surface area contributed by atoms with E-state index in [4.69, 9.17) is 4.52 Å². The highest BCUT2D eigenvalue weighted by atomic mass is 19.1. The average molecular weight is 452 g/mol. The van der Waals surface area contributed by atoms with Gasteiger partial charge >= 0.3 is 0 Å². The molecule has 9 heteroatoms. The summed E-state index contributed by atoms with van der Waals surface area (Å²) in [6.07, 6.45) is 2.22. The number of hydrogen-bond acceptors (Lipinski definition) is 5. The minimum Gasteiger partial charge on any atom is -0.361 e. The van der Waals surface area contributed by atoms with Crippen LogP contribution in [-0.2, 0) is 17.8 Å². The zero-order chi connectivity index (χ0) is 23.7. The van der Waals surface area contributed by atoms with Crippen molar-refractivity contribution in [3.8, 4) is 5.69 Å². The highest BCUT2D eigenvalue weighted by Crippen LogP contribution is 2.25. The summed E-state index contributed by atoms with van der Waals surface area (Å²) < 4.78 is 22.1. The van der Waals surface area contributed by atoms with Crippen molar-refractivity contribution in [2.24, 2.45) is 0 Å². The number of carbonyl (C=O) groups excluding carboxylic acids is 1. The van der Waals surface area contributed by atoms with Gasteiger partial charge in [-0.25, -0.2) is 9.37 Å². The van der Waals surface area contributed by atoms with Gasteiger partial charge in [0, 0.05) is 30.8 Å². The lowest BCUT2D eigenvalue weighted by Gasteiger charge is -2.09. The topological polar surface area (TPSA) is 94.9 Å². The number of nitrogens with zero attached hydrogens (tertiary/aromatic N) is 4. The smallest absolute Gasteiger partial charge is 0.263 e. The molecule has 0 fully saturated rings. The molecule has 0 saturated carbocycles. The van der Waals surface area contributed by atoms with Crippen LogP contribution >= 0.6 is 0 Å². The lowest BCUT2D eigenvalue weighted by Crippen LogP contribution is -2.29. The van der Waals surface area contributed by atoms with Crippen LogP contribution in [0.1, 0.15) is 34.7 Å². The second-order valence-electron chi connectivity index (χ2n) is 8.12. The molecule has 0 aliphatic carbocycles. The third kappa shape index (κ3) is 4.30. The number of aromatic nitrogens is 4. The number of halogens is 1. The summed E-state index contributed by atoms with van der Waals surface area (Å²) in [5, 5.41) is 7.25. The molecule has 0 spiro atoms. The molecule has 172 valence electrons. The Balaban J connectivity index is 1.49. The van der Waals surface area contributed by atoms with Gasteiger partial charge in [0.05, 0.1) is 23.1 Å². The molecule has 0 radical (unpaired) electrons. The number of hydrogen-bond donors (Lipinski definition) is 1. The molecule has 3 heterocycles. The molecule has 0 aliphatic rings. The van der Waals surface area contributed by atoms with Crippen molar-refractivity contribution in [2.75, 3.05) is 6.54 Å². The quantitative estimate of drug-likeness (QED) is 0.465. The van der Waals surface area contributed by atoms with E-state index < -0.39 is 0 Å². The van der Waals surface area contributed by atoms with Gasteiger partial charge < -0.3 is 9.84 Å². The van der Waals surface area contributed by atoms with Crippen molar-refractivity contribution in [1.82, 2.24) is 24.6 Å². The number of benzene rings is 1. The van der Waals surface area contributed by atoms with Crippen molar-refractivity contribution in [2.45, 2.75) is 47.1 Å². The van der Waals surface area contributed by atoms with Gasteiger partial charge in [0.1, 0.15) is 11.6 Å². The maximum atomic E-state index is 13.8. The predicted octanol–water partition coefficient (Wildman–Crippen LogP) is 3.30. The van der Waals surface area contributed by atoms with Crippen LogP contribution in [0.15, 0.2) is 39.9 Å². The van der Waals surface area contributed by atoms with Gasteiger partial charge in [0.15, 0.2) is 5.65 Å². The van der Waals surface area contributed by atoms with Gasteiger partial charge in [-0.3, -0.25) is 18.7 Å². The Labute approximate surface area is 190 Å². The monoisotopic (exact) mass is 451 g/mol. The van der Waals surface area contributed by atoms with Gasteiger partial charge in [-0.2, -0.15) is 0 Å². The highest BCUT2D eigenvalue weighted by Gasteiger charge is 2.18. The van der Waals surface area contributed by atoms with Gasteiger partial charge in [-0.1, -0.05) is 11.2 Å². The fourth-order valence-electron chi connectivity index (χ4n) is 4.07. The van der Waals surface area contributed by atoms with Crippen molar-refractivity contribution < 1.29 is 13.7 Å². The van der Waals surface area contributed by atoms with E-state index in [-0.39, 0.29) is 30.2 Å². The first-order valence-electron chi connectivity index (χ1n) is 10.8. The summed E-state index contributed by atoms with van der Waals surface area (Å²) in [7, 11) is 0. The van der Waals surface area contributed by atoms with Crippen LogP contribution in [-0.4, -0.2) is 31.7 Å². The Kier molecular flexibility index (Phi) is 6.13. The summed E-state index contributed by atoms with van der Waals surface area (Å²) in [5.74, 6) is 0.239. The molecule has 0 bridgehead atoms. The van der Waals surface area contributed by atoms with Gasteiger partial charge in [-0.15, -0.1) is 0 Å². The molecular weight excluding hydrogens is 425 g/mol. The van der Waals surface area contributed by atoms with Crippen LogP contribution < -0.4 is 10.9 Å². The first-order chi connectivity index (χ1) is 15.8. The number of carbonyl (C=O) groups is 1. The Morgan fingerprint density at radius 2 is 2.00 bits per heavy atom. The fourth-order valence-corrected chi connectivity index (χ4v) is 4.07. The highest BCUT2D eigenvalue weighted by molar-refractivity contribution is 5.83. The molecule has 4 aromatic rings. The molecule has 1 amide bonds. The van der Waals surface area contributed by atoms with Gasteiger partial charge in [0.25, 0.3) is 5.56 Å². The fraction of sp³-hybridized carbons (Fsp3) is 0.333. The third-order valence-electron chi connectivity index (χ3n) is 6.01. The molecule has 0 atom stereocenters. The van der Waals surface area contributed by atoms with Crippen molar-refractivity contribution in [3.63, 3.8) is 0 Å². The Morgan fingerprint density at radius 1 is 1.21 bits per heavy atom. The van der Waals surface area contributed by atoms with E-state index in [0.29, 0.717) is 29.7 Å². The maximum absolute atomic E-state index is 13.8. The van der Waals surface area contributed by atoms with E-state index in [0.717, 1.165) is 28.3 Å².